The molecule has 1 fully saturated rings. The van der Waals surface area contributed by atoms with Gasteiger partial charge in [0.15, 0.2) is 17.5 Å². The van der Waals surface area contributed by atoms with Crippen LogP contribution < -0.4 is 5.32 Å². The number of pyridine rings is 1. The van der Waals surface area contributed by atoms with Gasteiger partial charge in [-0.15, -0.1) is 0 Å². The van der Waals surface area contributed by atoms with Crippen LogP contribution in [0.25, 0.3) is 22.4 Å². The molecule has 0 aliphatic carbocycles. The SMILES string of the molecule is O=C(c1ccccc1O)N1CCCCC1CNc1nc(-c2c[nH]c3ncc(Cl)cc23)ncc1F. The zero-order valence-corrected chi connectivity index (χ0v) is 18.9. The second-order valence-corrected chi connectivity index (χ2v) is 8.62. The summed E-state index contributed by atoms with van der Waals surface area (Å²) in [5.41, 5.74) is 1.54. The van der Waals surface area contributed by atoms with Crippen LogP contribution >= 0.6 is 11.6 Å². The fraction of sp³-hybridized carbons (Fsp3) is 0.250. The van der Waals surface area contributed by atoms with Crippen LogP contribution in [0.5, 0.6) is 5.75 Å². The van der Waals surface area contributed by atoms with Crippen LogP contribution in [0.15, 0.2) is 48.9 Å². The predicted molar refractivity (Wildman–Crippen MR) is 127 cm³/mol. The van der Waals surface area contributed by atoms with Gasteiger partial charge in [-0.1, -0.05) is 23.7 Å². The summed E-state index contributed by atoms with van der Waals surface area (Å²) >= 11 is 6.08. The monoisotopic (exact) mass is 480 g/mol. The average molecular weight is 481 g/mol. The Bertz CT molecular complexity index is 1360. The Hall–Kier alpha value is -3.72. The van der Waals surface area contributed by atoms with E-state index >= 15 is 0 Å². The summed E-state index contributed by atoms with van der Waals surface area (Å²) in [6.45, 7) is 0.883. The van der Waals surface area contributed by atoms with Gasteiger partial charge in [0.1, 0.15) is 11.4 Å². The number of nitrogens with one attached hydrogen (secondary N) is 2. The quantitative estimate of drug-likeness (QED) is 0.384. The molecular weight excluding hydrogens is 459 g/mol. The van der Waals surface area contributed by atoms with Crippen LogP contribution in [0, 0.1) is 5.82 Å². The van der Waals surface area contributed by atoms with Crippen molar-refractivity contribution in [3.8, 4) is 17.1 Å². The molecule has 4 aromatic rings. The molecule has 3 N–H and O–H groups in total. The molecule has 1 aliphatic heterocycles. The average Bonchev–Trinajstić information content (AvgIpc) is 3.27. The fourth-order valence-corrected chi connectivity index (χ4v) is 4.45. The molecule has 8 nitrogen and oxygen atoms in total. The number of fused-ring (bicyclic) bond motifs is 1. The lowest BCUT2D eigenvalue weighted by molar-refractivity contribution is 0.0625. The first-order valence-corrected chi connectivity index (χ1v) is 11.4. The predicted octanol–water partition coefficient (Wildman–Crippen LogP) is 4.62. The van der Waals surface area contributed by atoms with E-state index in [9.17, 15) is 14.3 Å². The highest BCUT2D eigenvalue weighted by Crippen LogP contribution is 2.29. The van der Waals surface area contributed by atoms with Crippen LogP contribution in [0.3, 0.4) is 0 Å². The molecule has 1 saturated heterocycles. The van der Waals surface area contributed by atoms with Crippen molar-refractivity contribution in [2.75, 3.05) is 18.4 Å². The Labute approximate surface area is 199 Å². The van der Waals surface area contributed by atoms with Crippen molar-refractivity contribution in [2.45, 2.75) is 25.3 Å². The normalized spacial score (nSPS) is 16.1. The molecule has 5 rings (SSSR count). The molecule has 174 valence electrons. The molecule has 3 aromatic heterocycles. The number of aromatic amines is 1. The van der Waals surface area contributed by atoms with E-state index in [-0.39, 0.29) is 29.1 Å². The Balaban J connectivity index is 1.37. The van der Waals surface area contributed by atoms with E-state index in [0.717, 1.165) is 30.8 Å². The van der Waals surface area contributed by atoms with Crippen molar-refractivity contribution < 1.29 is 14.3 Å². The number of hydrogen-bond donors (Lipinski definition) is 3. The van der Waals surface area contributed by atoms with Crippen molar-refractivity contribution in [3.05, 3.63) is 65.3 Å². The molecule has 0 spiro atoms. The van der Waals surface area contributed by atoms with Crippen molar-refractivity contribution in [1.82, 2.24) is 24.8 Å². The van der Waals surface area contributed by atoms with E-state index in [4.69, 9.17) is 11.6 Å². The van der Waals surface area contributed by atoms with E-state index < -0.39 is 5.82 Å². The van der Waals surface area contributed by atoms with Gasteiger partial charge in [-0.05, 0) is 37.5 Å². The number of likely N-dealkylation sites (tertiary alicyclic amines) is 1. The maximum absolute atomic E-state index is 14.6. The van der Waals surface area contributed by atoms with E-state index in [1.54, 1.807) is 35.4 Å². The number of H-pyrrole nitrogens is 1. The number of nitrogens with zero attached hydrogens (tertiary/aromatic N) is 4. The Morgan fingerprint density at radius 2 is 2.12 bits per heavy atom. The minimum absolute atomic E-state index is 0.0508. The summed E-state index contributed by atoms with van der Waals surface area (Å²) < 4.78 is 14.6. The van der Waals surface area contributed by atoms with Crippen LogP contribution in [0.4, 0.5) is 10.2 Å². The first-order chi connectivity index (χ1) is 16.5. The van der Waals surface area contributed by atoms with Crippen LogP contribution in [-0.2, 0) is 0 Å². The molecule has 0 radical (unpaired) electrons. The van der Waals surface area contributed by atoms with E-state index in [0.29, 0.717) is 35.1 Å². The number of aromatic hydroxyl groups is 1. The molecule has 1 aliphatic rings. The number of hydrogen-bond acceptors (Lipinski definition) is 6. The minimum Gasteiger partial charge on any atom is -0.507 e. The number of anilines is 1. The third kappa shape index (κ3) is 4.26. The lowest BCUT2D eigenvalue weighted by Crippen LogP contribution is -2.47. The molecule has 0 saturated carbocycles. The van der Waals surface area contributed by atoms with Crippen molar-refractivity contribution >= 4 is 34.4 Å². The van der Waals surface area contributed by atoms with Gasteiger partial charge in [0, 0.05) is 42.5 Å². The molecule has 10 heteroatoms. The van der Waals surface area contributed by atoms with Crippen molar-refractivity contribution in [3.63, 3.8) is 0 Å². The van der Waals surface area contributed by atoms with Gasteiger partial charge in [-0.3, -0.25) is 4.79 Å². The number of halogens is 2. The number of carbonyl (C=O) groups excluding carboxylic acids is 1. The van der Waals surface area contributed by atoms with Crippen molar-refractivity contribution in [1.29, 1.82) is 0 Å². The van der Waals surface area contributed by atoms with Crippen molar-refractivity contribution in [2.24, 2.45) is 0 Å². The highest BCUT2D eigenvalue weighted by atomic mass is 35.5. The molecule has 0 bridgehead atoms. The number of rotatable bonds is 5. The third-order valence-electron chi connectivity index (χ3n) is 6.01. The van der Waals surface area contributed by atoms with Crippen LogP contribution in [0.2, 0.25) is 5.02 Å². The zero-order valence-electron chi connectivity index (χ0n) is 18.1. The molecule has 34 heavy (non-hydrogen) atoms. The topological polar surface area (TPSA) is 107 Å². The lowest BCUT2D eigenvalue weighted by Gasteiger charge is -2.36. The summed E-state index contributed by atoms with van der Waals surface area (Å²) in [5, 5.41) is 14.4. The summed E-state index contributed by atoms with van der Waals surface area (Å²) in [4.78, 5) is 30.6. The lowest BCUT2D eigenvalue weighted by atomic mass is 10.0. The van der Waals surface area contributed by atoms with Crippen LogP contribution in [0.1, 0.15) is 29.6 Å². The second-order valence-electron chi connectivity index (χ2n) is 8.19. The summed E-state index contributed by atoms with van der Waals surface area (Å²) in [6, 6.07) is 8.07. The number of carbonyl (C=O) groups is 1. The molecule has 1 aromatic carbocycles. The number of phenolic OH excluding ortho intramolecular Hbond substituents is 1. The summed E-state index contributed by atoms with van der Waals surface area (Å²) in [6.07, 6.45) is 6.95. The van der Waals surface area contributed by atoms with Gasteiger partial charge in [0.05, 0.1) is 16.8 Å². The van der Waals surface area contributed by atoms with E-state index in [1.165, 1.54) is 12.3 Å². The van der Waals surface area contributed by atoms with Gasteiger partial charge < -0.3 is 20.3 Å². The Morgan fingerprint density at radius 1 is 1.26 bits per heavy atom. The summed E-state index contributed by atoms with van der Waals surface area (Å²) in [5.74, 6) is -0.504. The Morgan fingerprint density at radius 3 is 2.97 bits per heavy atom. The number of phenols is 1. The number of piperidine rings is 1. The highest BCUT2D eigenvalue weighted by Gasteiger charge is 2.29. The smallest absolute Gasteiger partial charge is 0.257 e. The van der Waals surface area contributed by atoms with E-state index in [2.05, 4.69) is 25.3 Å². The molecule has 1 unspecified atom stereocenters. The first kappa shape index (κ1) is 22.1. The minimum atomic E-state index is -0.589. The molecular formula is C24H22ClFN6O2. The largest absolute Gasteiger partial charge is 0.507 e. The fourth-order valence-electron chi connectivity index (χ4n) is 4.29. The highest BCUT2D eigenvalue weighted by molar-refractivity contribution is 6.31. The second kappa shape index (κ2) is 9.26. The summed E-state index contributed by atoms with van der Waals surface area (Å²) in [7, 11) is 0. The van der Waals surface area contributed by atoms with Gasteiger partial charge in [0.2, 0.25) is 0 Å². The van der Waals surface area contributed by atoms with Crippen LogP contribution in [-0.4, -0.2) is 55.0 Å². The standard InChI is InChI=1S/C24H22ClFN6O2/c25-14-9-17-18(12-29-21(17)27-10-14)22-30-13-19(26)23(31-22)28-11-15-5-3-4-8-32(15)24(34)16-6-1-2-7-20(16)33/h1-2,6-7,9-10,12-13,15,33H,3-5,8,11H2,(H,27,29)(H,28,30,31). The van der Waals surface area contributed by atoms with Gasteiger partial charge in [-0.25, -0.2) is 19.3 Å². The number of amides is 1. The third-order valence-corrected chi connectivity index (χ3v) is 6.22. The Kier molecular flexibility index (Phi) is 6.02. The van der Waals surface area contributed by atoms with Gasteiger partial charge in [0.25, 0.3) is 5.91 Å². The first-order valence-electron chi connectivity index (χ1n) is 11.0. The molecule has 1 atom stereocenters. The molecule has 1 amide bonds. The van der Waals surface area contributed by atoms with E-state index in [1.807, 2.05) is 0 Å². The maximum Gasteiger partial charge on any atom is 0.257 e. The number of aromatic nitrogens is 4. The zero-order chi connectivity index (χ0) is 23.7. The number of benzene rings is 1. The van der Waals surface area contributed by atoms with Gasteiger partial charge in [-0.2, -0.15) is 0 Å². The maximum atomic E-state index is 14.6. The number of para-hydroxylation sites is 1. The van der Waals surface area contributed by atoms with Gasteiger partial charge >= 0.3 is 0 Å². The molecule has 4 heterocycles.